The molecule has 1 heterocycles. The van der Waals surface area contributed by atoms with Crippen molar-refractivity contribution < 1.29 is 4.79 Å². The van der Waals surface area contributed by atoms with Crippen LogP contribution >= 0.6 is 24.2 Å². The van der Waals surface area contributed by atoms with Crippen molar-refractivity contribution in [3.8, 4) is 0 Å². The molecule has 2 unspecified atom stereocenters. The lowest BCUT2D eigenvalue weighted by atomic mass is 9.84. The van der Waals surface area contributed by atoms with Gasteiger partial charge in [-0.2, -0.15) is 0 Å². The van der Waals surface area contributed by atoms with Crippen LogP contribution in [0.25, 0.3) is 0 Å². The summed E-state index contributed by atoms with van der Waals surface area (Å²) in [6, 6.07) is 0.385. The summed E-state index contributed by atoms with van der Waals surface area (Å²) in [5.41, 5.74) is 0. The van der Waals surface area contributed by atoms with Gasteiger partial charge >= 0.3 is 0 Å². The van der Waals surface area contributed by atoms with Gasteiger partial charge in [0.2, 0.25) is 5.91 Å². The van der Waals surface area contributed by atoms with Gasteiger partial charge in [0.1, 0.15) is 0 Å². The fraction of sp³-hybridized carbons (Fsp3) is 0.917. The molecule has 2 N–H and O–H groups in total. The van der Waals surface area contributed by atoms with Crippen LogP contribution in [0.4, 0.5) is 0 Å². The number of hydrogen-bond donors (Lipinski definition) is 2. The van der Waals surface area contributed by atoms with Gasteiger partial charge in [-0.3, -0.25) is 10.1 Å². The molecule has 3 nitrogen and oxygen atoms in total. The van der Waals surface area contributed by atoms with E-state index in [4.69, 9.17) is 0 Å². The number of rotatable bonds is 3. The van der Waals surface area contributed by atoms with Crippen LogP contribution in [0, 0.1) is 5.92 Å². The third-order valence-electron chi connectivity index (χ3n) is 3.76. The second-order valence-electron chi connectivity index (χ2n) is 4.97. The van der Waals surface area contributed by atoms with E-state index < -0.39 is 0 Å². The van der Waals surface area contributed by atoms with E-state index in [0.29, 0.717) is 12.0 Å². The van der Waals surface area contributed by atoms with Crippen molar-refractivity contribution in [2.75, 3.05) is 11.6 Å². The van der Waals surface area contributed by atoms with Crippen molar-refractivity contribution in [1.82, 2.24) is 10.6 Å². The molecule has 2 atom stereocenters. The number of nitrogens with one attached hydrogen (secondary N) is 2. The molecule has 0 aromatic carbocycles. The molecule has 5 heteroatoms. The van der Waals surface area contributed by atoms with Crippen LogP contribution in [0.5, 0.6) is 0 Å². The number of carbonyl (C=O) groups excluding carboxylic acids is 1. The summed E-state index contributed by atoms with van der Waals surface area (Å²) < 4.78 is 0. The third kappa shape index (κ3) is 4.34. The first-order valence-corrected chi connectivity index (χ1v) is 7.54. The molecule has 17 heavy (non-hydrogen) atoms. The lowest BCUT2D eigenvalue weighted by Gasteiger charge is -2.29. The highest BCUT2D eigenvalue weighted by Gasteiger charge is 2.26. The summed E-state index contributed by atoms with van der Waals surface area (Å²) >= 11 is 1.80. The van der Waals surface area contributed by atoms with E-state index in [1.165, 1.54) is 32.1 Å². The predicted octanol–water partition coefficient (Wildman–Crippen LogP) is 2.16. The average Bonchev–Trinajstić information content (AvgIpc) is 2.83. The molecule has 2 aliphatic rings. The van der Waals surface area contributed by atoms with Gasteiger partial charge in [-0.05, 0) is 25.7 Å². The topological polar surface area (TPSA) is 41.1 Å². The molecule has 1 saturated heterocycles. The molecule has 0 bridgehead atoms. The van der Waals surface area contributed by atoms with Crippen molar-refractivity contribution in [2.45, 2.75) is 51.1 Å². The van der Waals surface area contributed by atoms with Crippen molar-refractivity contribution in [2.24, 2.45) is 5.92 Å². The van der Waals surface area contributed by atoms with E-state index in [1.807, 2.05) is 0 Å². The molecule has 1 amide bonds. The summed E-state index contributed by atoms with van der Waals surface area (Å²) in [7, 11) is 0. The smallest absolute Gasteiger partial charge is 0.238 e. The first-order chi connectivity index (χ1) is 7.77. The first-order valence-electron chi connectivity index (χ1n) is 6.39. The van der Waals surface area contributed by atoms with E-state index in [-0.39, 0.29) is 24.4 Å². The maximum absolute atomic E-state index is 11.9. The zero-order chi connectivity index (χ0) is 11.4. The molecule has 0 radical (unpaired) electrons. The van der Waals surface area contributed by atoms with Crippen LogP contribution < -0.4 is 10.6 Å². The molecule has 100 valence electrons. The van der Waals surface area contributed by atoms with Gasteiger partial charge in [0, 0.05) is 17.7 Å². The molecule has 2 rings (SSSR count). The van der Waals surface area contributed by atoms with Crippen LogP contribution in [0.3, 0.4) is 0 Å². The Hall–Kier alpha value is 0.0700. The fourth-order valence-corrected chi connectivity index (χ4v) is 3.58. The normalized spacial score (nSPS) is 27.2. The maximum atomic E-state index is 11.9. The van der Waals surface area contributed by atoms with E-state index >= 15 is 0 Å². The summed E-state index contributed by atoms with van der Waals surface area (Å²) in [4.78, 5) is 11.9. The van der Waals surface area contributed by atoms with Gasteiger partial charge in [-0.25, -0.2) is 0 Å². The van der Waals surface area contributed by atoms with Crippen LogP contribution in [-0.2, 0) is 4.79 Å². The number of carbonyl (C=O) groups is 1. The van der Waals surface area contributed by atoms with E-state index in [1.54, 1.807) is 11.8 Å². The molecule has 1 aliphatic carbocycles. The van der Waals surface area contributed by atoms with Gasteiger partial charge in [0.15, 0.2) is 0 Å². The van der Waals surface area contributed by atoms with Crippen LogP contribution in [0.2, 0.25) is 0 Å². The van der Waals surface area contributed by atoms with Gasteiger partial charge in [-0.15, -0.1) is 24.2 Å². The minimum atomic E-state index is 0. The molecular weight excluding hydrogens is 256 g/mol. The summed E-state index contributed by atoms with van der Waals surface area (Å²) in [5.74, 6) is 2.73. The molecule has 0 aromatic heterocycles. The zero-order valence-corrected chi connectivity index (χ0v) is 12.0. The van der Waals surface area contributed by atoms with Gasteiger partial charge in [0.25, 0.3) is 0 Å². The van der Waals surface area contributed by atoms with Crippen LogP contribution in [0.15, 0.2) is 0 Å². The summed E-state index contributed by atoms with van der Waals surface area (Å²) in [6.07, 6.45) is 6.62. The van der Waals surface area contributed by atoms with Gasteiger partial charge in [0.05, 0.1) is 6.04 Å². The Morgan fingerprint density at radius 1 is 1.35 bits per heavy atom. The molecule has 1 aliphatic heterocycles. The second kappa shape index (κ2) is 7.49. The average molecular weight is 279 g/mol. The maximum Gasteiger partial charge on any atom is 0.238 e. The third-order valence-corrected chi connectivity index (χ3v) is 4.70. The highest BCUT2D eigenvalue weighted by Crippen LogP contribution is 2.26. The lowest BCUT2D eigenvalue weighted by Crippen LogP contribution is -2.47. The summed E-state index contributed by atoms with van der Waals surface area (Å²) in [5, 5.41) is 6.39. The number of hydrogen-bond acceptors (Lipinski definition) is 3. The van der Waals surface area contributed by atoms with Crippen molar-refractivity contribution >= 4 is 30.1 Å². The minimum absolute atomic E-state index is 0. The standard InChI is InChI=1S/C12H22N2OS.ClH/c1-9(10-5-3-2-4-6-10)14-12(15)11-7-16-8-13-11;/h9-11,13H,2-8H2,1H3,(H,14,15);1H. The Labute approximate surface area is 114 Å². The monoisotopic (exact) mass is 278 g/mol. The molecule has 0 spiro atoms. The lowest BCUT2D eigenvalue weighted by molar-refractivity contribution is -0.123. The quantitative estimate of drug-likeness (QED) is 0.831. The molecule has 1 saturated carbocycles. The van der Waals surface area contributed by atoms with Crippen LogP contribution in [-0.4, -0.2) is 29.6 Å². The number of thioether (sulfide) groups is 1. The highest BCUT2D eigenvalue weighted by atomic mass is 35.5. The van der Waals surface area contributed by atoms with E-state index in [0.717, 1.165) is 11.6 Å². The Balaban J connectivity index is 0.00000144. The van der Waals surface area contributed by atoms with Crippen molar-refractivity contribution in [3.05, 3.63) is 0 Å². The molecule has 2 fully saturated rings. The van der Waals surface area contributed by atoms with Crippen molar-refractivity contribution in [3.63, 3.8) is 0 Å². The van der Waals surface area contributed by atoms with Gasteiger partial charge in [-0.1, -0.05) is 19.3 Å². The zero-order valence-electron chi connectivity index (χ0n) is 10.4. The van der Waals surface area contributed by atoms with Crippen molar-refractivity contribution in [1.29, 1.82) is 0 Å². The first kappa shape index (κ1) is 15.1. The largest absolute Gasteiger partial charge is 0.352 e. The Bertz CT molecular complexity index is 241. The predicted molar refractivity (Wildman–Crippen MR) is 75.7 cm³/mol. The van der Waals surface area contributed by atoms with E-state index in [2.05, 4.69) is 17.6 Å². The number of amides is 1. The summed E-state index contributed by atoms with van der Waals surface area (Å²) in [6.45, 7) is 2.16. The fourth-order valence-electron chi connectivity index (χ4n) is 2.64. The van der Waals surface area contributed by atoms with E-state index in [9.17, 15) is 4.79 Å². The van der Waals surface area contributed by atoms with Gasteiger partial charge < -0.3 is 5.32 Å². The molecular formula is C12H23ClN2OS. The highest BCUT2D eigenvalue weighted by molar-refractivity contribution is 7.99. The second-order valence-corrected chi connectivity index (χ2v) is 6.00. The van der Waals surface area contributed by atoms with Crippen LogP contribution in [0.1, 0.15) is 39.0 Å². The Morgan fingerprint density at radius 2 is 2.06 bits per heavy atom. The minimum Gasteiger partial charge on any atom is -0.352 e. The Morgan fingerprint density at radius 3 is 2.65 bits per heavy atom. The molecule has 0 aromatic rings. The number of halogens is 1. The Kier molecular flexibility index (Phi) is 6.67. The SMILES string of the molecule is CC(NC(=O)C1CSCN1)C1CCCCC1.Cl.